The lowest BCUT2D eigenvalue weighted by Gasteiger charge is -2.35. The van der Waals surface area contributed by atoms with E-state index in [1.807, 2.05) is 42.5 Å². The van der Waals surface area contributed by atoms with Crippen LogP contribution >= 0.6 is 0 Å². The van der Waals surface area contributed by atoms with E-state index in [2.05, 4.69) is 0 Å². The summed E-state index contributed by atoms with van der Waals surface area (Å²) in [5.41, 5.74) is 0.979. The van der Waals surface area contributed by atoms with Crippen molar-refractivity contribution in [2.24, 2.45) is 0 Å². The van der Waals surface area contributed by atoms with Crippen molar-refractivity contribution in [2.75, 3.05) is 40.3 Å². The van der Waals surface area contributed by atoms with Crippen LogP contribution in [0.2, 0.25) is 0 Å². The number of amides is 1. The Morgan fingerprint density at radius 2 is 1.64 bits per heavy atom. The molecular formula is C18H23N3O3S. The van der Waals surface area contributed by atoms with Gasteiger partial charge in [0.05, 0.1) is 6.42 Å². The Labute approximate surface area is 148 Å². The molecule has 25 heavy (non-hydrogen) atoms. The van der Waals surface area contributed by atoms with E-state index in [4.69, 9.17) is 0 Å². The van der Waals surface area contributed by atoms with Crippen LogP contribution in [0.25, 0.3) is 10.8 Å². The Morgan fingerprint density at radius 3 is 2.28 bits per heavy atom. The van der Waals surface area contributed by atoms with E-state index in [9.17, 15) is 13.2 Å². The Morgan fingerprint density at radius 1 is 1.00 bits per heavy atom. The van der Waals surface area contributed by atoms with Gasteiger partial charge in [-0.3, -0.25) is 4.79 Å². The van der Waals surface area contributed by atoms with Gasteiger partial charge < -0.3 is 4.90 Å². The molecule has 7 heteroatoms. The van der Waals surface area contributed by atoms with Crippen molar-refractivity contribution in [3.63, 3.8) is 0 Å². The normalized spacial score (nSPS) is 16.5. The smallest absolute Gasteiger partial charge is 0.281 e. The first-order chi connectivity index (χ1) is 11.9. The summed E-state index contributed by atoms with van der Waals surface area (Å²) >= 11 is 0. The minimum Gasteiger partial charge on any atom is -0.340 e. The van der Waals surface area contributed by atoms with Crippen molar-refractivity contribution in [3.8, 4) is 0 Å². The van der Waals surface area contributed by atoms with Crippen LogP contribution in [0.4, 0.5) is 0 Å². The molecule has 1 aliphatic rings. The lowest BCUT2D eigenvalue weighted by Crippen LogP contribution is -2.53. The molecule has 0 unspecified atom stereocenters. The van der Waals surface area contributed by atoms with Crippen LogP contribution in [0.3, 0.4) is 0 Å². The Balaban J connectivity index is 1.62. The van der Waals surface area contributed by atoms with E-state index in [1.165, 1.54) is 22.7 Å². The van der Waals surface area contributed by atoms with Gasteiger partial charge in [0.1, 0.15) is 0 Å². The first-order valence-corrected chi connectivity index (χ1v) is 9.71. The maximum absolute atomic E-state index is 12.5. The molecular weight excluding hydrogens is 338 g/mol. The number of carbonyl (C=O) groups is 1. The number of benzene rings is 2. The van der Waals surface area contributed by atoms with Crippen molar-refractivity contribution in [3.05, 3.63) is 48.0 Å². The minimum atomic E-state index is -3.40. The van der Waals surface area contributed by atoms with E-state index < -0.39 is 10.2 Å². The van der Waals surface area contributed by atoms with Crippen molar-refractivity contribution in [1.82, 2.24) is 13.5 Å². The molecule has 2 aromatic rings. The molecule has 3 rings (SSSR count). The van der Waals surface area contributed by atoms with Gasteiger partial charge in [-0.25, -0.2) is 0 Å². The third kappa shape index (κ3) is 3.84. The summed E-state index contributed by atoms with van der Waals surface area (Å²) in [6.45, 7) is 1.53. The van der Waals surface area contributed by atoms with Gasteiger partial charge >= 0.3 is 0 Å². The summed E-state index contributed by atoms with van der Waals surface area (Å²) in [4.78, 5) is 14.3. The van der Waals surface area contributed by atoms with Gasteiger partial charge in [0.15, 0.2) is 0 Å². The number of hydrogen-bond acceptors (Lipinski definition) is 3. The molecule has 6 nitrogen and oxygen atoms in total. The molecule has 2 aromatic carbocycles. The summed E-state index contributed by atoms with van der Waals surface area (Å²) in [6.07, 6.45) is 0.339. The van der Waals surface area contributed by atoms with Gasteiger partial charge in [-0.15, -0.1) is 0 Å². The molecule has 1 saturated heterocycles. The number of piperazine rings is 1. The molecule has 1 heterocycles. The average Bonchev–Trinajstić information content (AvgIpc) is 2.61. The molecule has 0 saturated carbocycles. The van der Waals surface area contributed by atoms with Crippen LogP contribution in [-0.4, -0.2) is 68.1 Å². The van der Waals surface area contributed by atoms with Crippen molar-refractivity contribution in [1.29, 1.82) is 0 Å². The maximum atomic E-state index is 12.5. The number of hydrogen-bond donors (Lipinski definition) is 0. The van der Waals surface area contributed by atoms with Crippen LogP contribution in [0.5, 0.6) is 0 Å². The molecule has 0 spiro atoms. The highest BCUT2D eigenvalue weighted by molar-refractivity contribution is 7.86. The number of fused-ring (bicyclic) bond motifs is 1. The van der Waals surface area contributed by atoms with Crippen LogP contribution in [0.1, 0.15) is 5.56 Å². The van der Waals surface area contributed by atoms with Gasteiger partial charge in [-0.05, 0) is 16.3 Å². The zero-order valence-electron chi connectivity index (χ0n) is 14.6. The predicted molar refractivity (Wildman–Crippen MR) is 98.4 cm³/mol. The van der Waals surface area contributed by atoms with E-state index in [1.54, 1.807) is 4.90 Å². The molecule has 0 N–H and O–H groups in total. The van der Waals surface area contributed by atoms with Crippen molar-refractivity contribution >= 4 is 26.9 Å². The van der Waals surface area contributed by atoms with Gasteiger partial charge in [-0.1, -0.05) is 42.5 Å². The van der Waals surface area contributed by atoms with E-state index >= 15 is 0 Å². The van der Waals surface area contributed by atoms with Gasteiger partial charge in [0, 0.05) is 40.3 Å². The highest BCUT2D eigenvalue weighted by Crippen LogP contribution is 2.17. The van der Waals surface area contributed by atoms with Crippen molar-refractivity contribution < 1.29 is 13.2 Å². The zero-order valence-corrected chi connectivity index (χ0v) is 15.4. The van der Waals surface area contributed by atoms with Crippen LogP contribution < -0.4 is 0 Å². The predicted octanol–water partition coefficient (Wildman–Crippen LogP) is 1.33. The Hall–Kier alpha value is -1.96. The third-order valence-electron chi connectivity index (χ3n) is 4.55. The van der Waals surface area contributed by atoms with Crippen LogP contribution in [-0.2, 0) is 21.4 Å². The molecule has 0 aliphatic carbocycles. The summed E-state index contributed by atoms with van der Waals surface area (Å²) in [6, 6.07) is 14.1. The molecule has 134 valence electrons. The number of rotatable bonds is 4. The van der Waals surface area contributed by atoms with E-state index in [0.29, 0.717) is 32.6 Å². The first kappa shape index (κ1) is 17.8. The van der Waals surface area contributed by atoms with E-state index in [-0.39, 0.29) is 5.91 Å². The molecule has 1 amide bonds. The average molecular weight is 361 g/mol. The van der Waals surface area contributed by atoms with Gasteiger partial charge in [0.2, 0.25) is 5.91 Å². The Kier molecular flexibility index (Phi) is 5.08. The van der Waals surface area contributed by atoms with Crippen molar-refractivity contribution in [2.45, 2.75) is 6.42 Å². The fourth-order valence-electron chi connectivity index (χ4n) is 3.03. The zero-order chi connectivity index (χ0) is 18.0. The number of carbonyl (C=O) groups excluding carboxylic acids is 1. The van der Waals surface area contributed by atoms with E-state index in [0.717, 1.165) is 16.3 Å². The first-order valence-electron chi connectivity index (χ1n) is 8.31. The topological polar surface area (TPSA) is 60.9 Å². The Bertz CT molecular complexity index is 872. The summed E-state index contributed by atoms with van der Waals surface area (Å²) in [5, 5.41) is 2.27. The second-order valence-corrected chi connectivity index (χ2v) is 8.57. The standard InChI is InChI=1S/C18H23N3O3S/c1-19(2)25(23,24)21-11-9-20(10-12-21)18(22)14-15-7-8-16-5-3-4-6-17(16)13-15/h3-8,13H,9-12,14H2,1-2H3. The largest absolute Gasteiger partial charge is 0.340 e. The molecule has 1 fully saturated rings. The highest BCUT2D eigenvalue weighted by Gasteiger charge is 2.30. The second-order valence-electron chi connectivity index (χ2n) is 6.43. The SMILES string of the molecule is CN(C)S(=O)(=O)N1CCN(C(=O)Cc2ccc3ccccc3c2)CC1. The fourth-order valence-corrected chi connectivity index (χ4v) is 4.12. The quantitative estimate of drug-likeness (QED) is 0.825. The molecule has 0 bridgehead atoms. The molecule has 0 radical (unpaired) electrons. The highest BCUT2D eigenvalue weighted by atomic mass is 32.2. The van der Waals surface area contributed by atoms with Gasteiger partial charge in [0.25, 0.3) is 10.2 Å². The summed E-state index contributed by atoms with van der Waals surface area (Å²) < 4.78 is 26.9. The molecule has 0 aromatic heterocycles. The van der Waals surface area contributed by atoms with Crippen LogP contribution in [0.15, 0.2) is 42.5 Å². The number of nitrogens with zero attached hydrogens (tertiary/aromatic N) is 3. The fraction of sp³-hybridized carbons (Fsp3) is 0.389. The lowest BCUT2D eigenvalue weighted by atomic mass is 10.0. The van der Waals surface area contributed by atoms with Gasteiger partial charge in [-0.2, -0.15) is 17.0 Å². The maximum Gasteiger partial charge on any atom is 0.281 e. The third-order valence-corrected chi connectivity index (χ3v) is 6.49. The molecule has 0 atom stereocenters. The van der Waals surface area contributed by atoms with Crippen LogP contribution in [0, 0.1) is 0 Å². The second kappa shape index (κ2) is 7.11. The summed E-state index contributed by atoms with van der Waals surface area (Å²) in [7, 11) is -0.363. The monoisotopic (exact) mass is 361 g/mol. The molecule has 1 aliphatic heterocycles. The minimum absolute atomic E-state index is 0.0391. The lowest BCUT2D eigenvalue weighted by molar-refractivity contribution is -0.131. The summed E-state index contributed by atoms with van der Waals surface area (Å²) in [5.74, 6) is 0.0391.